The average Bonchev–Trinajstić information content (AvgIpc) is 2.65. The lowest BCUT2D eigenvalue weighted by molar-refractivity contribution is -0.875. The topological polar surface area (TPSA) is 94.8 Å². The zero-order chi connectivity index (χ0) is 23.6. The predicted octanol–water partition coefficient (Wildman–Crippen LogP) is 4.70. The van der Waals surface area contributed by atoms with Crippen LogP contribution in [0.4, 0.5) is 0 Å². The van der Waals surface area contributed by atoms with Crippen molar-refractivity contribution in [2.75, 3.05) is 34.3 Å². The number of aliphatic hydroxyl groups is 2. The molecule has 0 amide bonds. The molecular formula is C25H50NO5+. The van der Waals surface area contributed by atoms with Gasteiger partial charge in [-0.2, -0.15) is 0 Å². The number of carboxylic acid groups (broad SMARTS) is 1. The Bertz CT molecular complexity index is 475. The van der Waals surface area contributed by atoms with Crippen molar-refractivity contribution in [1.82, 2.24) is 0 Å². The second kappa shape index (κ2) is 17.6. The van der Waals surface area contributed by atoms with Gasteiger partial charge in [-0.25, -0.2) is 0 Å². The van der Waals surface area contributed by atoms with Crippen molar-refractivity contribution < 1.29 is 29.4 Å². The molecule has 0 aliphatic carbocycles. The number of ketones is 1. The van der Waals surface area contributed by atoms with Crippen molar-refractivity contribution in [3.8, 4) is 0 Å². The number of unbranched alkanes of at least 4 members (excludes halogenated alkanes) is 14. The lowest BCUT2D eigenvalue weighted by Gasteiger charge is -2.33. The van der Waals surface area contributed by atoms with Crippen LogP contribution in [0.2, 0.25) is 0 Å². The summed E-state index contributed by atoms with van der Waals surface area (Å²) >= 11 is 0. The van der Waals surface area contributed by atoms with E-state index in [1.807, 2.05) is 21.1 Å². The van der Waals surface area contributed by atoms with Gasteiger partial charge in [-0.15, -0.1) is 0 Å². The SMILES string of the molecule is C[N+](C)(C)CC(O)(CC(=O)O)C(=O)CCCCCCCCCCCCCCCCCO. The van der Waals surface area contributed by atoms with Crippen LogP contribution in [0.25, 0.3) is 0 Å². The van der Waals surface area contributed by atoms with E-state index in [0.29, 0.717) is 11.1 Å². The third-order valence-corrected chi connectivity index (χ3v) is 5.76. The number of aliphatic carboxylic acids is 1. The van der Waals surface area contributed by atoms with Crippen LogP contribution in [0.1, 0.15) is 109 Å². The van der Waals surface area contributed by atoms with E-state index in [1.54, 1.807) is 0 Å². The molecule has 0 bridgehead atoms. The Balaban J connectivity index is 3.70. The molecule has 0 aliphatic rings. The first-order valence-corrected chi connectivity index (χ1v) is 12.5. The highest BCUT2D eigenvalue weighted by Crippen LogP contribution is 2.20. The number of rotatable bonds is 22. The third-order valence-electron chi connectivity index (χ3n) is 5.76. The number of Topliss-reactive ketones (excluding diaryl/α,β-unsaturated/α-hetero) is 1. The molecule has 6 heteroatoms. The smallest absolute Gasteiger partial charge is 0.306 e. The maximum atomic E-state index is 12.5. The zero-order valence-electron chi connectivity index (χ0n) is 20.5. The summed E-state index contributed by atoms with van der Waals surface area (Å²) in [4.78, 5) is 23.6. The van der Waals surface area contributed by atoms with Crippen LogP contribution in [0.5, 0.6) is 0 Å². The molecule has 0 fully saturated rings. The van der Waals surface area contributed by atoms with E-state index in [0.717, 1.165) is 32.1 Å². The molecule has 31 heavy (non-hydrogen) atoms. The zero-order valence-corrected chi connectivity index (χ0v) is 20.5. The Morgan fingerprint density at radius 1 is 0.677 bits per heavy atom. The van der Waals surface area contributed by atoms with Crippen LogP contribution in [0.15, 0.2) is 0 Å². The fourth-order valence-electron chi connectivity index (χ4n) is 4.21. The second-order valence-electron chi connectivity index (χ2n) is 10.3. The fraction of sp³-hybridized carbons (Fsp3) is 0.920. The third kappa shape index (κ3) is 18.3. The number of aliphatic hydroxyl groups excluding tert-OH is 1. The van der Waals surface area contributed by atoms with Gasteiger partial charge in [0, 0.05) is 13.0 Å². The summed E-state index contributed by atoms with van der Waals surface area (Å²) in [6.07, 6.45) is 17.4. The van der Waals surface area contributed by atoms with E-state index in [1.165, 1.54) is 64.2 Å². The number of likely N-dealkylation sites (N-methyl/N-ethyl adjacent to an activating group) is 1. The van der Waals surface area contributed by atoms with Gasteiger partial charge in [-0.05, 0) is 12.8 Å². The minimum absolute atomic E-state index is 0.113. The molecule has 0 aromatic heterocycles. The van der Waals surface area contributed by atoms with E-state index < -0.39 is 18.0 Å². The van der Waals surface area contributed by atoms with Crippen LogP contribution in [0, 0.1) is 0 Å². The summed E-state index contributed by atoms with van der Waals surface area (Å²) in [7, 11) is 5.55. The molecule has 0 radical (unpaired) electrons. The molecule has 1 atom stereocenters. The molecule has 0 spiro atoms. The molecule has 3 N–H and O–H groups in total. The number of nitrogens with zero attached hydrogens (tertiary/aromatic N) is 1. The minimum Gasteiger partial charge on any atom is -0.481 e. The van der Waals surface area contributed by atoms with E-state index in [2.05, 4.69) is 0 Å². The first-order chi connectivity index (χ1) is 14.6. The Kier molecular flexibility index (Phi) is 17.0. The van der Waals surface area contributed by atoms with Crippen molar-refractivity contribution in [2.24, 2.45) is 0 Å². The number of carbonyl (C=O) groups excluding carboxylic acids is 1. The highest BCUT2D eigenvalue weighted by atomic mass is 16.4. The average molecular weight is 445 g/mol. The Hall–Kier alpha value is -0.980. The highest BCUT2D eigenvalue weighted by molar-refractivity contribution is 5.90. The van der Waals surface area contributed by atoms with Crippen LogP contribution >= 0.6 is 0 Å². The van der Waals surface area contributed by atoms with Crippen molar-refractivity contribution in [1.29, 1.82) is 0 Å². The number of hydrogen-bond donors (Lipinski definition) is 3. The predicted molar refractivity (Wildman–Crippen MR) is 126 cm³/mol. The standard InChI is InChI=1S/C25H49NO5/c1-26(2,3)22-25(31,21-24(29)30)23(28)19-17-15-13-11-9-7-5-4-6-8-10-12-14-16-18-20-27/h27,31H,4-22H2,1-3H3/p+1. The molecule has 1 unspecified atom stereocenters. The van der Waals surface area contributed by atoms with Crippen LogP contribution in [-0.2, 0) is 9.59 Å². The van der Waals surface area contributed by atoms with Gasteiger partial charge >= 0.3 is 5.97 Å². The van der Waals surface area contributed by atoms with Gasteiger partial charge in [0.25, 0.3) is 0 Å². The van der Waals surface area contributed by atoms with Crippen molar-refractivity contribution in [3.05, 3.63) is 0 Å². The molecule has 184 valence electrons. The van der Waals surface area contributed by atoms with Crippen molar-refractivity contribution >= 4 is 11.8 Å². The lowest BCUT2D eigenvalue weighted by Crippen LogP contribution is -2.54. The normalized spacial score (nSPS) is 13.8. The molecular weight excluding hydrogens is 394 g/mol. The van der Waals surface area contributed by atoms with E-state index in [9.17, 15) is 14.7 Å². The minimum atomic E-state index is -1.77. The first kappa shape index (κ1) is 30.0. The summed E-state index contributed by atoms with van der Waals surface area (Å²) in [5.74, 6) is -1.47. The summed E-state index contributed by atoms with van der Waals surface area (Å²) < 4.78 is 0.347. The number of hydrogen-bond acceptors (Lipinski definition) is 4. The molecule has 0 aliphatic heterocycles. The van der Waals surface area contributed by atoms with E-state index in [4.69, 9.17) is 10.2 Å². The summed E-state index contributed by atoms with van der Waals surface area (Å²) in [6.45, 7) is 0.437. The molecule has 0 heterocycles. The molecule has 0 rings (SSSR count). The largest absolute Gasteiger partial charge is 0.481 e. The van der Waals surface area contributed by atoms with Crippen LogP contribution in [0.3, 0.4) is 0 Å². The van der Waals surface area contributed by atoms with Gasteiger partial charge in [0.05, 0.1) is 27.6 Å². The Morgan fingerprint density at radius 2 is 1.03 bits per heavy atom. The quantitative estimate of drug-likeness (QED) is 0.166. The van der Waals surface area contributed by atoms with Gasteiger partial charge in [0.2, 0.25) is 0 Å². The maximum absolute atomic E-state index is 12.5. The Morgan fingerprint density at radius 3 is 1.35 bits per heavy atom. The summed E-state index contributed by atoms with van der Waals surface area (Å²) in [5.41, 5.74) is -1.77. The second-order valence-corrected chi connectivity index (χ2v) is 10.3. The molecule has 6 nitrogen and oxygen atoms in total. The molecule has 0 saturated carbocycles. The summed E-state index contributed by atoms with van der Waals surface area (Å²) in [5, 5.41) is 28.5. The van der Waals surface area contributed by atoms with E-state index in [-0.39, 0.29) is 18.7 Å². The summed E-state index contributed by atoms with van der Waals surface area (Å²) in [6, 6.07) is 0. The Labute approximate surface area is 190 Å². The van der Waals surface area contributed by atoms with Gasteiger partial charge < -0.3 is 19.8 Å². The number of carbonyl (C=O) groups is 2. The highest BCUT2D eigenvalue weighted by Gasteiger charge is 2.42. The van der Waals surface area contributed by atoms with E-state index >= 15 is 0 Å². The van der Waals surface area contributed by atoms with Crippen molar-refractivity contribution in [3.63, 3.8) is 0 Å². The van der Waals surface area contributed by atoms with Gasteiger partial charge in [-0.3, -0.25) is 9.59 Å². The fourth-order valence-corrected chi connectivity index (χ4v) is 4.21. The maximum Gasteiger partial charge on any atom is 0.306 e. The first-order valence-electron chi connectivity index (χ1n) is 12.5. The van der Waals surface area contributed by atoms with Crippen LogP contribution in [-0.4, -0.2) is 71.5 Å². The lowest BCUT2D eigenvalue weighted by atomic mass is 9.89. The van der Waals surface area contributed by atoms with Gasteiger partial charge in [0.1, 0.15) is 6.54 Å². The van der Waals surface area contributed by atoms with Crippen molar-refractivity contribution in [2.45, 2.75) is 115 Å². The van der Waals surface area contributed by atoms with Crippen LogP contribution < -0.4 is 0 Å². The number of carboxylic acids is 1. The molecule has 0 aromatic rings. The number of quaternary nitrogens is 1. The molecule has 0 saturated heterocycles. The monoisotopic (exact) mass is 444 g/mol. The van der Waals surface area contributed by atoms with Gasteiger partial charge in [0.15, 0.2) is 11.4 Å². The molecule has 0 aromatic carbocycles. The van der Waals surface area contributed by atoms with Gasteiger partial charge in [-0.1, -0.05) is 83.5 Å².